The summed E-state index contributed by atoms with van der Waals surface area (Å²) in [6.07, 6.45) is -0.163. The number of phenolic OH excluding ortho intramolecular Hbond substituents is 1. The maximum absolute atomic E-state index is 12.4. The standard InChI is InChI=1S/C26H23N5O5/c27-12-17-4-2-6-21(29-17)20-5-1-3-16(25(20)33)13-28-10-9-19-14-31(26(34)36-19)18-7-8-23-22(11-18)30-24(32)15-35-23/h1-8,11,19,28,33H,9-10,13-15H2,(H,30,32)/t19-/m0/s1. The summed E-state index contributed by atoms with van der Waals surface area (Å²) in [6.45, 7) is 1.33. The minimum Gasteiger partial charge on any atom is -0.507 e. The van der Waals surface area contributed by atoms with E-state index in [0.717, 1.165) is 0 Å². The van der Waals surface area contributed by atoms with E-state index in [9.17, 15) is 14.7 Å². The van der Waals surface area contributed by atoms with Crippen LogP contribution in [-0.2, 0) is 16.1 Å². The Morgan fingerprint density at radius 2 is 2.06 bits per heavy atom. The van der Waals surface area contributed by atoms with Gasteiger partial charge >= 0.3 is 6.09 Å². The van der Waals surface area contributed by atoms with Crippen LogP contribution in [0.5, 0.6) is 11.5 Å². The summed E-state index contributed by atoms with van der Waals surface area (Å²) >= 11 is 0. The number of hydrogen-bond acceptors (Lipinski definition) is 8. The lowest BCUT2D eigenvalue weighted by molar-refractivity contribution is -0.118. The molecule has 0 radical (unpaired) electrons. The van der Waals surface area contributed by atoms with Crippen LogP contribution in [0.1, 0.15) is 17.7 Å². The normalized spacial score (nSPS) is 16.5. The average molecular weight is 486 g/mol. The van der Waals surface area contributed by atoms with Gasteiger partial charge in [0.1, 0.15) is 29.4 Å². The van der Waals surface area contributed by atoms with Crippen molar-refractivity contribution in [2.24, 2.45) is 0 Å². The van der Waals surface area contributed by atoms with Gasteiger partial charge < -0.3 is 25.2 Å². The monoisotopic (exact) mass is 485 g/mol. The van der Waals surface area contributed by atoms with E-state index in [1.807, 2.05) is 18.2 Å². The van der Waals surface area contributed by atoms with Gasteiger partial charge in [-0.3, -0.25) is 9.69 Å². The van der Waals surface area contributed by atoms with E-state index in [1.165, 1.54) is 4.90 Å². The maximum Gasteiger partial charge on any atom is 0.414 e. The van der Waals surface area contributed by atoms with E-state index in [4.69, 9.17) is 14.7 Å². The van der Waals surface area contributed by atoms with Crippen molar-refractivity contribution in [3.05, 3.63) is 65.9 Å². The lowest BCUT2D eigenvalue weighted by Crippen LogP contribution is -2.28. The molecule has 1 aromatic heterocycles. The molecule has 1 fully saturated rings. The molecule has 10 nitrogen and oxygen atoms in total. The first kappa shape index (κ1) is 23.1. The number of ether oxygens (including phenoxy) is 2. The highest BCUT2D eigenvalue weighted by molar-refractivity contribution is 5.97. The summed E-state index contributed by atoms with van der Waals surface area (Å²) in [4.78, 5) is 29.8. The zero-order valence-electron chi connectivity index (χ0n) is 19.2. The first-order valence-corrected chi connectivity index (χ1v) is 11.5. The molecule has 0 bridgehead atoms. The number of rotatable bonds is 7. The molecular weight excluding hydrogens is 462 g/mol. The van der Waals surface area contributed by atoms with Crippen LogP contribution in [0.2, 0.25) is 0 Å². The number of nitriles is 1. The zero-order valence-corrected chi connectivity index (χ0v) is 19.2. The highest BCUT2D eigenvalue weighted by Crippen LogP contribution is 2.34. The molecule has 0 spiro atoms. The lowest BCUT2D eigenvalue weighted by Gasteiger charge is -2.20. The van der Waals surface area contributed by atoms with Crippen molar-refractivity contribution < 1.29 is 24.2 Å². The van der Waals surface area contributed by atoms with Crippen molar-refractivity contribution in [3.8, 4) is 28.8 Å². The first-order chi connectivity index (χ1) is 17.5. The van der Waals surface area contributed by atoms with Crippen molar-refractivity contribution in [3.63, 3.8) is 0 Å². The Balaban J connectivity index is 1.16. The fraction of sp³-hybridized carbons (Fsp3) is 0.231. The van der Waals surface area contributed by atoms with Gasteiger partial charge in [-0.2, -0.15) is 5.26 Å². The van der Waals surface area contributed by atoms with Gasteiger partial charge in [0, 0.05) is 23.4 Å². The second-order valence-corrected chi connectivity index (χ2v) is 8.43. The van der Waals surface area contributed by atoms with Crippen molar-refractivity contribution in [1.29, 1.82) is 5.26 Å². The van der Waals surface area contributed by atoms with E-state index in [1.54, 1.807) is 42.5 Å². The number of aromatic hydroxyl groups is 1. The number of benzene rings is 2. The number of para-hydroxylation sites is 1. The number of hydrogen-bond donors (Lipinski definition) is 3. The molecule has 0 aliphatic carbocycles. The number of phenols is 1. The summed E-state index contributed by atoms with van der Waals surface area (Å²) in [7, 11) is 0. The second-order valence-electron chi connectivity index (χ2n) is 8.43. The highest BCUT2D eigenvalue weighted by atomic mass is 16.6. The van der Waals surface area contributed by atoms with Crippen molar-refractivity contribution in [1.82, 2.24) is 10.3 Å². The van der Waals surface area contributed by atoms with Crippen LogP contribution in [0, 0.1) is 11.3 Å². The predicted octanol–water partition coefficient (Wildman–Crippen LogP) is 3.16. The molecule has 3 N–H and O–H groups in total. The molecule has 0 saturated carbocycles. The molecule has 2 aliphatic heterocycles. The van der Waals surface area contributed by atoms with Gasteiger partial charge in [0.2, 0.25) is 0 Å². The van der Waals surface area contributed by atoms with Gasteiger partial charge in [-0.25, -0.2) is 9.78 Å². The molecule has 3 aromatic rings. The third-order valence-corrected chi connectivity index (χ3v) is 6.00. The molecule has 182 valence electrons. The Morgan fingerprint density at radius 3 is 2.92 bits per heavy atom. The van der Waals surface area contributed by atoms with E-state index in [-0.39, 0.29) is 30.1 Å². The minimum atomic E-state index is -0.444. The Labute approximate surface area is 207 Å². The Hall–Kier alpha value is -4.62. The first-order valence-electron chi connectivity index (χ1n) is 11.5. The van der Waals surface area contributed by atoms with E-state index in [0.29, 0.717) is 60.0 Å². The van der Waals surface area contributed by atoms with Crippen LogP contribution in [-0.4, -0.2) is 47.9 Å². The fourth-order valence-corrected chi connectivity index (χ4v) is 4.20. The number of amides is 2. The van der Waals surface area contributed by atoms with Crippen molar-refractivity contribution in [2.45, 2.75) is 19.1 Å². The van der Waals surface area contributed by atoms with Gasteiger partial charge in [-0.1, -0.05) is 18.2 Å². The van der Waals surface area contributed by atoms with Crippen LogP contribution in [0.25, 0.3) is 11.3 Å². The summed E-state index contributed by atoms with van der Waals surface area (Å²) in [6, 6.07) is 17.7. The fourth-order valence-electron chi connectivity index (χ4n) is 4.20. The number of aromatic nitrogens is 1. The summed E-state index contributed by atoms with van der Waals surface area (Å²) < 4.78 is 10.9. The molecule has 36 heavy (non-hydrogen) atoms. The van der Waals surface area contributed by atoms with Crippen molar-refractivity contribution >= 4 is 23.4 Å². The van der Waals surface area contributed by atoms with Crippen LogP contribution in [0.3, 0.4) is 0 Å². The molecule has 2 aliphatic rings. The van der Waals surface area contributed by atoms with Gasteiger partial charge in [-0.05, 0) is 49.4 Å². The van der Waals surface area contributed by atoms with E-state index >= 15 is 0 Å². The van der Waals surface area contributed by atoms with E-state index in [2.05, 4.69) is 15.6 Å². The van der Waals surface area contributed by atoms with Gasteiger partial charge in [0.15, 0.2) is 6.61 Å². The molecule has 10 heteroatoms. The molecule has 2 amide bonds. The van der Waals surface area contributed by atoms with Crippen molar-refractivity contribution in [2.75, 3.05) is 29.9 Å². The largest absolute Gasteiger partial charge is 0.507 e. The van der Waals surface area contributed by atoms with Gasteiger partial charge in [-0.15, -0.1) is 0 Å². The Bertz CT molecular complexity index is 1370. The van der Waals surface area contributed by atoms with Gasteiger partial charge in [0.05, 0.1) is 17.9 Å². The van der Waals surface area contributed by atoms with Crippen LogP contribution in [0.15, 0.2) is 54.6 Å². The van der Waals surface area contributed by atoms with Gasteiger partial charge in [0.25, 0.3) is 5.91 Å². The number of carbonyl (C=O) groups is 2. The number of pyridine rings is 1. The highest BCUT2D eigenvalue weighted by Gasteiger charge is 2.32. The molecule has 5 rings (SSSR count). The Morgan fingerprint density at radius 1 is 1.19 bits per heavy atom. The summed E-state index contributed by atoms with van der Waals surface area (Å²) in [5.41, 5.74) is 3.20. The summed E-state index contributed by atoms with van der Waals surface area (Å²) in [5.74, 6) is 0.429. The molecule has 2 aromatic carbocycles. The number of cyclic esters (lactones) is 1. The van der Waals surface area contributed by atoms with Crippen LogP contribution < -0.4 is 20.3 Å². The smallest absolute Gasteiger partial charge is 0.414 e. The molecule has 1 atom stereocenters. The second kappa shape index (κ2) is 9.93. The quantitative estimate of drug-likeness (QED) is 0.434. The predicted molar refractivity (Wildman–Crippen MR) is 131 cm³/mol. The molecule has 3 heterocycles. The average Bonchev–Trinajstić information content (AvgIpc) is 3.27. The molecule has 1 saturated heterocycles. The zero-order chi connectivity index (χ0) is 25.1. The van der Waals surface area contributed by atoms with E-state index < -0.39 is 6.09 Å². The van der Waals surface area contributed by atoms with Crippen LogP contribution >= 0.6 is 0 Å². The number of nitrogens with one attached hydrogen (secondary N) is 2. The lowest BCUT2D eigenvalue weighted by atomic mass is 10.0. The number of nitrogens with zero attached hydrogens (tertiary/aromatic N) is 3. The molecule has 0 unspecified atom stereocenters. The maximum atomic E-state index is 12.4. The SMILES string of the molecule is N#Cc1cccc(-c2cccc(CNCC[C@H]3CN(c4ccc5c(c4)NC(=O)CO5)C(=O)O3)c2O)n1. The number of carbonyl (C=O) groups excluding carboxylic acids is 2. The molecular formula is C26H23N5O5. The third-order valence-electron chi connectivity index (χ3n) is 6.00. The van der Waals surface area contributed by atoms with Crippen LogP contribution in [0.4, 0.5) is 16.2 Å². The number of anilines is 2. The number of fused-ring (bicyclic) bond motifs is 1. The summed E-state index contributed by atoms with van der Waals surface area (Å²) in [5, 5.41) is 25.8. The minimum absolute atomic E-state index is 0.0273. The topological polar surface area (TPSA) is 137 Å². The third kappa shape index (κ3) is 4.78. The Kier molecular flexibility index (Phi) is 6.38.